The van der Waals surface area contributed by atoms with Crippen molar-refractivity contribution < 1.29 is 14.3 Å². The van der Waals surface area contributed by atoms with Crippen LogP contribution in [-0.2, 0) is 0 Å². The van der Waals surface area contributed by atoms with Gasteiger partial charge < -0.3 is 14.4 Å². The van der Waals surface area contributed by atoms with Gasteiger partial charge in [-0.15, -0.1) is 0 Å². The Morgan fingerprint density at radius 3 is 2.41 bits per heavy atom. The number of carbonyl (C=O) groups excluding carboxylic acids is 1. The average Bonchev–Trinajstić information content (AvgIpc) is 2.46. The number of aromatic hydroxyl groups is 1. The summed E-state index contributed by atoms with van der Waals surface area (Å²) in [5.41, 5.74) is 1.72. The van der Waals surface area contributed by atoms with Crippen molar-refractivity contribution in [2.45, 2.75) is 20.8 Å². The van der Waals surface area contributed by atoms with Crippen LogP contribution in [0, 0.1) is 20.8 Å². The fourth-order valence-corrected chi connectivity index (χ4v) is 2.22. The zero-order valence-corrected chi connectivity index (χ0v) is 13.4. The molecule has 1 N–H and O–H groups in total. The highest BCUT2D eigenvalue weighted by Crippen LogP contribution is 2.32. The number of carbonyl (C=O) groups is 1. The molecule has 22 heavy (non-hydrogen) atoms. The SMILES string of the molecule is Cc1c(C)c2cc(C(=O)/C=C/N(C)C)c(O)c(C)c2oc1=O. The van der Waals surface area contributed by atoms with E-state index in [0.717, 1.165) is 5.56 Å². The molecule has 0 atom stereocenters. The molecule has 116 valence electrons. The zero-order chi connectivity index (χ0) is 16.6. The third-order valence-electron chi connectivity index (χ3n) is 3.74. The lowest BCUT2D eigenvalue weighted by molar-refractivity contribution is 0.104. The van der Waals surface area contributed by atoms with E-state index in [-0.39, 0.29) is 17.1 Å². The van der Waals surface area contributed by atoms with Gasteiger partial charge in [0.15, 0.2) is 5.78 Å². The van der Waals surface area contributed by atoms with E-state index in [0.29, 0.717) is 22.1 Å². The standard InChI is InChI=1S/C17H19NO4/c1-9-10(2)17(21)22-16-11(3)15(20)13(8-12(9)16)14(19)6-7-18(4)5/h6-8,20H,1-5H3/b7-6+. The molecule has 1 aromatic heterocycles. The lowest BCUT2D eigenvalue weighted by atomic mass is 9.98. The highest BCUT2D eigenvalue weighted by Gasteiger charge is 2.18. The Balaban J connectivity index is 2.76. The van der Waals surface area contributed by atoms with Gasteiger partial charge in [-0.1, -0.05) is 0 Å². The minimum atomic E-state index is -0.431. The van der Waals surface area contributed by atoms with Crippen molar-refractivity contribution in [3.63, 3.8) is 0 Å². The predicted molar refractivity (Wildman–Crippen MR) is 85.5 cm³/mol. The van der Waals surface area contributed by atoms with E-state index in [1.165, 1.54) is 6.08 Å². The number of hydrogen-bond acceptors (Lipinski definition) is 5. The van der Waals surface area contributed by atoms with E-state index < -0.39 is 5.63 Å². The van der Waals surface area contributed by atoms with Crippen LogP contribution in [0.5, 0.6) is 5.75 Å². The molecule has 2 rings (SSSR count). The summed E-state index contributed by atoms with van der Waals surface area (Å²) in [7, 11) is 3.61. The van der Waals surface area contributed by atoms with Gasteiger partial charge in [0.25, 0.3) is 0 Å². The molecular weight excluding hydrogens is 282 g/mol. The van der Waals surface area contributed by atoms with Crippen molar-refractivity contribution in [1.29, 1.82) is 0 Å². The van der Waals surface area contributed by atoms with Crippen LogP contribution in [0.4, 0.5) is 0 Å². The van der Waals surface area contributed by atoms with Crippen molar-refractivity contribution in [3.8, 4) is 5.75 Å². The Morgan fingerprint density at radius 2 is 1.82 bits per heavy atom. The number of phenolic OH excluding ortho intramolecular Hbond substituents is 1. The molecule has 0 bridgehead atoms. The lowest BCUT2D eigenvalue weighted by Crippen LogP contribution is -2.08. The molecule has 2 aromatic rings. The van der Waals surface area contributed by atoms with Crippen LogP contribution in [0.25, 0.3) is 11.0 Å². The first-order valence-corrected chi connectivity index (χ1v) is 6.89. The number of rotatable bonds is 3. The van der Waals surface area contributed by atoms with Crippen LogP contribution in [0.2, 0.25) is 0 Å². The van der Waals surface area contributed by atoms with Crippen LogP contribution in [0.15, 0.2) is 27.6 Å². The molecule has 0 spiro atoms. The minimum Gasteiger partial charge on any atom is -0.507 e. The molecule has 0 amide bonds. The van der Waals surface area contributed by atoms with E-state index in [9.17, 15) is 14.7 Å². The van der Waals surface area contributed by atoms with Crippen LogP contribution in [-0.4, -0.2) is 29.9 Å². The molecule has 0 fully saturated rings. The highest BCUT2D eigenvalue weighted by atomic mass is 16.4. The second kappa shape index (κ2) is 5.67. The monoisotopic (exact) mass is 301 g/mol. The van der Waals surface area contributed by atoms with Gasteiger partial charge in [-0.05, 0) is 32.4 Å². The van der Waals surface area contributed by atoms with Crippen molar-refractivity contribution in [3.05, 3.63) is 51.0 Å². The number of phenols is 1. The van der Waals surface area contributed by atoms with Gasteiger partial charge in [0.2, 0.25) is 0 Å². The van der Waals surface area contributed by atoms with Crippen molar-refractivity contribution in [1.82, 2.24) is 4.90 Å². The lowest BCUT2D eigenvalue weighted by Gasteiger charge is -2.11. The Morgan fingerprint density at radius 1 is 1.18 bits per heavy atom. The second-order valence-corrected chi connectivity index (χ2v) is 5.56. The summed E-state index contributed by atoms with van der Waals surface area (Å²) in [5, 5.41) is 10.9. The third-order valence-corrected chi connectivity index (χ3v) is 3.74. The van der Waals surface area contributed by atoms with E-state index in [1.807, 2.05) is 0 Å². The summed E-state index contributed by atoms with van der Waals surface area (Å²) < 4.78 is 5.26. The fraction of sp³-hybridized carbons (Fsp3) is 0.294. The molecule has 0 aliphatic rings. The van der Waals surface area contributed by atoms with Gasteiger partial charge >= 0.3 is 5.63 Å². The zero-order valence-electron chi connectivity index (χ0n) is 13.4. The molecule has 5 heteroatoms. The Labute approximate surface area is 128 Å². The summed E-state index contributed by atoms with van der Waals surface area (Å²) in [6.07, 6.45) is 3.01. The van der Waals surface area contributed by atoms with Crippen LogP contribution < -0.4 is 5.63 Å². The number of benzene rings is 1. The predicted octanol–water partition coefficient (Wildman–Crippen LogP) is 2.68. The normalized spacial score (nSPS) is 11.3. The maximum absolute atomic E-state index is 12.3. The number of allylic oxidation sites excluding steroid dienone is 1. The minimum absolute atomic E-state index is 0.160. The first-order chi connectivity index (χ1) is 10.2. The summed E-state index contributed by atoms with van der Waals surface area (Å²) >= 11 is 0. The molecule has 5 nitrogen and oxygen atoms in total. The fourth-order valence-electron chi connectivity index (χ4n) is 2.22. The molecular formula is C17H19NO4. The number of nitrogens with zero attached hydrogens (tertiary/aromatic N) is 1. The first-order valence-electron chi connectivity index (χ1n) is 6.89. The Hall–Kier alpha value is -2.56. The summed E-state index contributed by atoms with van der Waals surface area (Å²) in [6.45, 7) is 5.10. The largest absolute Gasteiger partial charge is 0.507 e. The van der Waals surface area contributed by atoms with Gasteiger partial charge in [-0.3, -0.25) is 4.79 Å². The van der Waals surface area contributed by atoms with Gasteiger partial charge in [-0.25, -0.2) is 4.79 Å². The number of ketones is 1. The van der Waals surface area contributed by atoms with Gasteiger partial charge in [0, 0.05) is 42.9 Å². The van der Waals surface area contributed by atoms with Gasteiger partial charge in [0.05, 0.1) is 5.56 Å². The Kier molecular flexibility index (Phi) is 4.08. The number of hydrogen-bond donors (Lipinski definition) is 1. The second-order valence-electron chi connectivity index (χ2n) is 5.56. The quantitative estimate of drug-likeness (QED) is 0.536. The summed E-state index contributed by atoms with van der Waals surface area (Å²) in [6, 6.07) is 1.57. The average molecular weight is 301 g/mol. The topological polar surface area (TPSA) is 70.8 Å². The molecule has 1 heterocycles. The Bertz CT molecular complexity index is 844. The van der Waals surface area contributed by atoms with Crippen molar-refractivity contribution >= 4 is 16.8 Å². The van der Waals surface area contributed by atoms with Gasteiger partial charge in [-0.2, -0.15) is 0 Å². The highest BCUT2D eigenvalue weighted by molar-refractivity contribution is 6.09. The molecule has 0 unspecified atom stereocenters. The molecule has 0 saturated heterocycles. The van der Waals surface area contributed by atoms with Crippen molar-refractivity contribution in [2.75, 3.05) is 14.1 Å². The van der Waals surface area contributed by atoms with Gasteiger partial charge in [0.1, 0.15) is 11.3 Å². The van der Waals surface area contributed by atoms with Crippen LogP contribution in [0.3, 0.4) is 0 Å². The molecule has 0 aliphatic carbocycles. The summed E-state index contributed by atoms with van der Waals surface area (Å²) in [4.78, 5) is 25.8. The molecule has 1 aromatic carbocycles. The van der Waals surface area contributed by atoms with Crippen LogP contribution in [0.1, 0.15) is 27.0 Å². The third kappa shape index (κ3) is 2.62. The molecule has 0 radical (unpaired) electrons. The van der Waals surface area contributed by atoms with Crippen LogP contribution >= 0.6 is 0 Å². The number of aryl methyl sites for hydroxylation is 2. The van der Waals surface area contributed by atoms with E-state index in [4.69, 9.17) is 4.42 Å². The van der Waals surface area contributed by atoms with E-state index >= 15 is 0 Å². The van der Waals surface area contributed by atoms with Crippen molar-refractivity contribution in [2.24, 2.45) is 0 Å². The molecule has 0 saturated carbocycles. The first kappa shape index (κ1) is 15.8. The molecule has 0 aliphatic heterocycles. The van der Waals surface area contributed by atoms with E-state index in [1.54, 1.807) is 52.0 Å². The number of fused-ring (bicyclic) bond motifs is 1. The smallest absolute Gasteiger partial charge is 0.339 e. The maximum atomic E-state index is 12.3. The summed E-state index contributed by atoms with van der Waals surface area (Å²) in [5.74, 6) is -0.466. The maximum Gasteiger partial charge on any atom is 0.339 e. The van der Waals surface area contributed by atoms with E-state index in [2.05, 4.69) is 0 Å².